The quantitative estimate of drug-likeness (QED) is 0.0154. The second kappa shape index (κ2) is 60.9. The minimum absolute atomic E-state index is 0. The van der Waals surface area contributed by atoms with Crippen LogP contribution < -0.4 is 24.0 Å². The Morgan fingerprint density at radius 3 is 0.973 bits per heavy atom. The molecule has 10 aromatic carbocycles. The van der Waals surface area contributed by atoms with Gasteiger partial charge in [-0.25, -0.2) is 0 Å². The van der Waals surface area contributed by atoms with Gasteiger partial charge in [0, 0.05) is 233 Å². The van der Waals surface area contributed by atoms with Gasteiger partial charge < -0.3 is 99.0 Å². The largest absolute Gasteiger partial charge is 0.540 e. The zero-order valence-electron chi connectivity index (χ0n) is 82.6. The van der Waals surface area contributed by atoms with Gasteiger partial charge in [0.25, 0.3) is 0 Å². The number of aliphatic hydroxyl groups excluding tert-OH is 9. The molecule has 30 heteroatoms. The summed E-state index contributed by atoms with van der Waals surface area (Å²) in [5.41, 5.74) is 23.7. The number of aliphatic hydroxyl groups is 9. The molecule has 0 aliphatic rings. The van der Waals surface area contributed by atoms with Gasteiger partial charge in [-0.1, -0.05) is 163 Å². The van der Waals surface area contributed by atoms with Gasteiger partial charge in [-0.2, -0.15) is 0 Å². The van der Waals surface area contributed by atoms with Crippen LogP contribution in [0.3, 0.4) is 0 Å². The van der Waals surface area contributed by atoms with Crippen molar-refractivity contribution < 1.29 is 164 Å². The standard InChI is InChI=1S/2C25H21N2O2.2C24H18N3O2.4C5H8O2.4Pt/c1-29-23-12-13-24(19(16-23)18-28)25-17-22(14-15-26-25)27(20-8-4-2-5-9-20)21-10-6-3-7-11-21;1-29-22-12-13-23(24-16-19(18-28)14-15-26-24)25(17-22)27(20-8-4-2-5-9-20)21-10-6-3-7-11-21;1-29-18-8-9-19(16(13-18)15-28)21-14-17(10-12-25-21)27-22-6-3-2-5-20(22)24-23(27)7-4-11-26-24;28-14-16-9-11-25-21(12-16)19-8-7-18(13-17(19)15-29)27-22-5-2-1-4-20(22)24-23(27)6-3-10-26-24;4*1-4(6)3-5(2)7;;;;/h2*2-12,14-17,28H,18H2,1H3;2-8,10-14,28H,15H2,1H3;1-7,9-13,28-29H,14-15H2;4*3,6H,1-2H3;;;;/q4*-1;;;;;;;;. The van der Waals surface area contributed by atoms with Gasteiger partial charge in [-0.15, -0.1) is 82.4 Å². The third kappa shape index (κ3) is 33.6. The summed E-state index contributed by atoms with van der Waals surface area (Å²) >= 11 is 0. The van der Waals surface area contributed by atoms with Crippen molar-refractivity contribution in [2.24, 2.45) is 0 Å². The molecule has 148 heavy (non-hydrogen) atoms. The molecule has 772 valence electrons. The summed E-state index contributed by atoms with van der Waals surface area (Å²) in [7, 11) is 4.84. The van der Waals surface area contributed by atoms with Gasteiger partial charge in [0.05, 0.1) is 85.2 Å². The van der Waals surface area contributed by atoms with Crippen LogP contribution in [0.2, 0.25) is 0 Å². The van der Waals surface area contributed by atoms with Crippen LogP contribution in [0, 0.1) is 24.3 Å². The first-order valence-electron chi connectivity index (χ1n) is 45.4. The fourth-order valence-corrected chi connectivity index (χ4v) is 15.3. The Bertz CT molecular complexity index is 7230. The third-order valence-corrected chi connectivity index (χ3v) is 21.2. The van der Waals surface area contributed by atoms with Gasteiger partial charge in [0.2, 0.25) is 0 Å². The van der Waals surface area contributed by atoms with Gasteiger partial charge in [0.15, 0.2) is 23.1 Å². The molecule has 0 unspecified atom stereocenters. The van der Waals surface area contributed by atoms with Crippen molar-refractivity contribution in [1.29, 1.82) is 0 Å². The van der Waals surface area contributed by atoms with Gasteiger partial charge in [-0.05, 0) is 210 Å². The Hall–Kier alpha value is -14.9. The van der Waals surface area contributed by atoms with E-state index < -0.39 is 0 Å². The Labute approximate surface area is 917 Å². The molecular formula is C118H110N10O16Pt4-4. The van der Waals surface area contributed by atoms with Crippen molar-refractivity contribution in [2.75, 3.05) is 31.1 Å². The zero-order chi connectivity index (χ0) is 103. The number of methoxy groups -OCH3 is 3. The van der Waals surface area contributed by atoms with E-state index in [4.69, 9.17) is 34.6 Å². The average Bonchev–Trinajstić information content (AvgIpc) is 1.55. The van der Waals surface area contributed by atoms with Crippen molar-refractivity contribution in [3.05, 3.63) is 428 Å². The maximum atomic E-state index is 10.0. The van der Waals surface area contributed by atoms with Crippen LogP contribution in [0.4, 0.5) is 34.1 Å². The summed E-state index contributed by atoms with van der Waals surface area (Å²) in [6, 6.07) is 108. The van der Waals surface area contributed by atoms with E-state index in [1.54, 1.807) is 82.6 Å². The molecular weight excluding hydrogens is 2590 g/mol. The Balaban J connectivity index is 0.000000243. The van der Waals surface area contributed by atoms with E-state index >= 15 is 0 Å². The predicted molar refractivity (Wildman–Crippen MR) is 565 cm³/mol. The second-order valence-corrected chi connectivity index (χ2v) is 32.2. The maximum Gasteiger partial charge on any atom is 0.155 e. The molecule has 8 heterocycles. The molecule has 0 amide bonds. The number of hydrogen-bond acceptors (Lipinski definition) is 24. The summed E-state index contributed by atoms with van der Waals surface area (Å²) in [5, 5.41) is 84.3. The summed E-state index contributed by atoms with van der Waals surface area (Å²) in [6.07, 6.45) is 15.2. The number of pyridine rings is 6. The second-order valence-electron chi connectivity index (χ2n) is 32.2. The molecule has 0 saturated carbocycles. The molecule has 0 fully saturated rings. The van der Waals surface area contributed by atoms with Crippen molar-refractivity contribution in [3.8, 4) is 73.7 Å². The van der Waals surface area contributed by atoms with Crippen molar-refractivity contribution in [2.45, 2.75) is 88.4 Å². The summed E-state index contributed by atoms with van der Waals surface area (Å²) < 4.78 is 20.3. The van der Waals surface area contributed by atoms with Crippen LogP contribution in [-0.4, -0.2) is 129 Å². The van der Waals surface area contributed by atoms with E-state index in [1.807, 2.05) is 188 Å². The first kappa shape index (κ1) is 120. The Morgan fingerprint density at radius 2 is 0.608 bits per heavy atom. The number of hydrogen-bond donors (Lipinski definition) is 9. The summed E-state index contributed by atoms with van der Waals surface area (Å²) in [4.78, 5) is 71.5. The molecule has 9 N–H and O–H groups in total. The molecule has 0 spiro atoms. The molecule has 0 aliphatic carbocycles. The first-order valence-corrected chi connectivity index (χ1v) is 45.4. The number of nitrogens with zero attached hydrogens (tertiary/aromatic N) is 10. The van der Waals surface area contributed by atoms with Crippen LogP contribution >= 0.6 is 0 Å². The SMILES string of the molecule is CC(=O)C=C(C)O.CC(=O)C=C(C)O.CC(=O)C=C(C)O.CC(=O)C=C(C)O.COc1c[c-]c(-c2cc(-n3c4ccccc4c4ncccc43)ccn2)c(CO)c1.COc1c[c-]c(-c2cc(CO)ccn2)c(N(c2ccccc2)c2ccccc2)c1.COc1c[c-]c(-c2cc(N(c3ccccc3)c3ccccc3)ccn2)c(CO)c1.OCc1ccnc(-c2[c-]cc(-n3c4ccccc4c4ncccc43)cc2CO)c1.[Pt].[Pt].[Pt].[Pt]. The normalized spacial score (nSPS) is 10.7. The third-order valence-electron chi connectivity index (χ3n) is 21.2. The van der Waals surface area contributed by atoms with E-state index in [1.165, 1.54) is 79.7 Å². The number of rotatable bonds is 24. The smallest absolute Gasteiger partial charge is 0.155 e. The fourth-order valence-electron chi connectivity index (χ4n) is 15.3. The molecule has 0 radical (unpaired) electrons. The minimum Gasteiger partial charge on any atom is -0.540 e. The number of ether oxygens (including phenoxy) is 3. The van der Waals surface area contributed by atoms with Crippen molar-refractivity contribution >= 4 is 101 Å². The maximum absolute atomic E-state index is 10.0. The molecule has 0 bridgehead atoms. The van der Waals surface area contributed by atoms with E-state index in [9.17, 15) is 44.7 Å². The molecule has 18 rings (SSSR count). The van der Waals surface area contributed by atoms with E-state index in [0.29, 0.717) is 22.9 Å². The molecule has 8 aromatic heterocycles. The Kier molecular flexibility index (Phi) is 49.4. The van der Waals surface area contributed by atoms with Crippen LogP contribution in [0.5, 0.6) is 17.2 Å². The van der Waals surface area contributed by atoms with Crippen molar-refractivity contribution in [1.82, 2.24) is 39.0 Å². The molecule has 0 aliphatic heterocycles. The first-order chi connectivity index (χ1) is 69.7. The Morgan fingerprint density at radius 1 is 0.297 bits per heavy atom. The fraction of sp³-hybridized carbons (Fsp3) is 0.136. The van der Waals surface area contributed by atoms with Crippen LogP contribution in [-0.2, 0) is 136 Å². The minimum atomic E-state index is -0.139. The van der Waals surface area contributed by atoms with Gasteiger partial charge >= 0.3 is 0 Å². The van der Waals surface area contributed by atoms with Crippen LogP contribution in [0.25, 0.3) is 100 Å². The zero-order valence-corrected chi connectivity index (χ0v) is 91.7. The number of fused-ring (bicyclic) bond motifs is 6. The van der Waals surface area contributed by atoms with Gasteiger partial charge in [-0.3, -0.25) is 29.1 Å². The number of anilines is 6. The predicted octanol–water partition coefficient (Wildman–Crippen LogP) is 23.7. The average molecular weight is 2700 g/mol. The van der Waals surface area contributed by atoms with E-state index in [-0.39, 0.29) is 163 Å². The number of carbonyl (C=O) groups is 4. The number of ketones is 4. The molecule has 0 atom stereocenters. The summed E-state index contributed by atoms with van der Waals surface area (Å²) in [5.74, 6) is 1.77. The molecule has 18 aromatic rings. The number of para-hydroxylation sites is 6. The number of benzene rings is 10. The van der Waals surface area contributed by atoms with E-state index in [0.717, 1.165) is 157 Å². The van der Waals surface area contributed by atoms with Crippen LogP contribution in [0.1, 0.15) is 83.2 Å². The van der Waals surface area contributed by atoms with Crippen molar-refractivity contribution in [3.63, 3.8) is 0 Å². The number of allylic oxidation sites excluding steroid dienone is 8. The number of carbonyl (C=O) groups excluding carboxylic acids is 4. The van der Waals surface area contributed by atoms with E-state index in [2.05, 4.69) is 152 Å². The monoisotopic (exact) mass is 2700 g/mol. The number of aromatic nitrogens is 8. The molecule has 0 saturated heterocycles. The van der Waals surface area contributed by atoms with Crippen LogP contribution in [0.15, 0.2) is 376 Å². The topological polar surface area (TPSA) is 372 Å². The summed E-state index contributed by atoms with van der Waals surface area (Å²) in [6.45, 7) is 10.9. The molecule has 26 nitrogen and oxygen atoms in total. The van der Waals surface area contributed by atoms with Gasteiger partial charge in [0.1, 0.15) is 0 Å².